The molecule has 1 fully saturated rings. The van der Waals surface area contributed by atoms with Gasteiger partial charge in [0.1, 0.15) is 12.1 Å². The number of nitrogens with zero attached hydrogens (tertiary/aromatic N) is 4. The van der Waals surface area contributed by atoms with E-state index in [-0.39, 0.29) is 12.1 Å². The maximum Gasteiger partial charge on any atom is 0.241 e. The minimum absolute atomic E-state index is 0.154. The number of hydrogen-bond donors (Lipinski definition) is 0. The SMILES string of the molecule is O=S(=O)(C1=CC=C[C@H]2N=S=N[C@H]12)N1CCN(Cc2ccccc2)CC1. The average molecular weight is 377 g/mol. The third kappa shape index (κ3) is 3.39. The Morgan fingerprint density at radius 2 is 1.84 bits per heavy atom. The molecule has 0 saturated carbocycles. The zero-order valence-electron chi connectivity index (χ0n) is 13.7. The monoisotopic (exact) mass is 376 g/mol. The van der Waals surface area contributed by atoms with Gasteiger partial charge in [-0.05, 0) is 11.6 Å². The average Bonchev–Trinajstić information content (AvgIpc) is 3.11. The third-order valence-corrected chi connectivity index (χ3v) is 7.41. The van der Waals surface area contributed by atoms with Gasteiger partial charge in [-0.2, -0.15) is 4.31 Å². The molecular weight excluding hydrogens is 356 g/mol. The maximum absolute atomic E-state index is 13.0. The number of fused-ring (bicyclic) bond motifs is 1. The minimum Gasteiger partial charge on any atom is -0.296 e. The predicted octanol–water partition coefficient (Wildman–Crippen LogP) is 1.79. The fourth-order valence-electron chi connectivity index (χ4n) is 3.33. The van der Waals surface area contributed by atoms with Crippen LogP contribution in [0.2, 0.25) is 0 Å². The summed E-state index contributed by atoms with van der Waals surface area (Å²) in [6.07, 6.45) is 5.37. The molecule has 0 bridgehead atoms. The van der Waals surface area contributed by atoms with Gasteiger partial charge < -0.3 is 0 Å². The number of sulfonamides is 1. The van der Waals surface area contributed by atoms with E-state index in [0.717, 1.165) is 31.0 Å². The van der Waals surface area contributed by atoms with Gasteiger partial charge in [0.05, 0.1) is 16.3 Å². The highest BCUT2D eigenvalue weighted by molar-refractivity contribution is 7.93. The van der Waals surface area contributed by atoms with Crippen molar-refractivity contribution in [2.45, 2.75) is 18.6 Å². The topological polar surface area (TPSA) is 65.3 Å². The normalized spacial score (nSPS) is 27.0. The highest BCUT2D eigenvalue weighted by atomic mass is 32.2. The van der Waals surface area contributed by atoms with E-state index >= 15 is 0 Å². The standard InChI is InChI=1S/C17H20N4O2S2/c22-25(23,16-8-4-7-15-17(16)19-24-18-15)21-11-9-20(10-12-21)13-14-5-2-1-3-6-14/h1-8,15,17H,9-13H2/t15-,17+/m1/s1. The van der Waals surface area contributed by atoms with Gasteiger partial charge in [0.2, 0.25) is 10.0 Å². The molecule has 2 aliphatic heterocycles. The van der Waals surface area contributed by atoms with Crippen molar-refractivity contribution < 1.29 is 8.42 Å². The Labute approximate surface area is 151 Å². The zero-order chi connectivity index (χ0) is 17.3. The van der Waals surface area contributed by atoms with Gasteiger partial charge in [0.25, 0.3) is 0 Å². The van der Waals surface area contributed by atoms with Gasteiger partial charge in [-0.25, -0.2) is 17.1 Å². The number of piperazine rings is 1. The summed E-state index contributed by atoms with van der Waals surface area (Å²) in [5.74, 6) is 0. The smallest absolute Gasteiger partial charge is 0.241 e. The second-order valence-electron chi connectivity index (χ2n) is 6.35. The summed E-state index contributed by atoms with van der Waals surface area (Å²) in [5, 5.41) is 0. The first kappa shape index (κ1) is 16.8. The fourth-order valence-corrected chi connectivity index (χ4v) is 5.78. The van der Waals surface area contributed by atoms with Crippen LogP contribution in [0.25, 0.3) is 0 Å². The lowest BCUT2D eigenvalue weighted by molar-refractivity contribution is 0.182. The molecule has 1 aromatic rings. The second kappa shape index (κ2) is 6.95. The van der Waals surface area contributed by atoms with Crippen molar-refractivity contribution in [2.75, 3.05) is 26.2 Å². The molecule has 2 heterocycles. The lowest BCUT2D eigenvalue weighted by Gasteiger charge is -2.35. The molecule has 0 N–H and O–H groups in total. The number of allylic oxidation sites excluding steroid dienone is 2. The Balaban J connectivity index is 1.42. The van der Waals surface area contributed by atoms with Crippen molar-refractivity contribution in [1.29, 1.82) is 0 Å². The fraction of sp³-hybridized carbons (Fsp3) is 0.412. The molecule has 6 nitrogen and oxygen atoms in total. The first-order valence-electron chi connectivity index (χ1n) is 8.36. The van der Waals surface area contributed by atoms with Crippen LogP contribution in [0.5, 0.6) is 0 Å². The van der Waals surface area contributed by atoms with Crippen LogP contribution in [0.4, 0.5) is 0 Å². The summed E-state index contributed by atoms with van der Waals surface area (Å²) in [6, 6.07) is 9.75. The Bertz CT molecular complexity index is 865. The van der Waals surface area contributed by atoms with E-state index in [4.69, 9.17) is 0 Å². The van der Waals surface area contributed by atoms with E-state index in [1.54, 1.807) is 16.5 Å². The number of benzene rings is 1. The van der Waals surface area contributed by atoms with Crippen LogP contribution in [0.1, 0.15) is 5.56 Å². The quantitative estimate of drug-likeness (QED) is 0.805. The molecular formula is C17H20N4O2S2. The van der Waals surface area contributed by atoms with E-state index in [2.05, 4.69) is 25.8 Å². The molecule has 3 aliphatic rings. The molecule has 1 aliphatic carbocycles. The molecule has 0 radical (unpaired) electrons. The summed E-state index contributed by atoms with van der Waals surface area (Å²) in [4.78, 5) is 2.68. The molecule has 8 heteroatoms. The van der Waals surface area contributed by atoms with Crippen molar-refractivity contribution in [1.82, 2.24) is 9.21 Å². The summed E-state index contributed by atoms with van der Waals surface area (Å²) < 4.78 is 36.2. The summed E-state index contributed by atoms with van der Waals surface area (Å²) in [6.45, 7) is 3.36. The minimum atomic E-state index is -3.49. The van der Waals surface area contributed by atoms with Crippen LogP contribution in [0, 0.1) is 0 Å². The van der Waals surface area contributed by atoms with Crippen molar-refractivity contribution in [3.05, 3.63) is 59.0 Å². The number of rotatable bonds is 4. The van der Waals surface area contributed by atoms with Crippen LogP contribution in [0.3, 0.4) is 0 Å². The lowest BCUT2D eigenvalue weighted by Crippen LogP contribution is -2.49. The molecule has 0 spiro atoms. The summed E-state index contributed by atoms with van der Waals surface area (Å²) >= 11 is 1.11. The highest BCUT2D eigenvalue weighted by Gasteiger charge is 2.39. The van der Waals surface area contributed by atoms with E-state index in [1.807, 2.05) is 24.3 Å². The molecule has 1 saturated heterocycles. The molecule has 4 rings (SSSR count). The van der Waals surface area contributed by atoms with Gasteiger partial charge in [-0.15, -0.1) is 0 Å². The van der Waals surface area contributed by atoms with Crippen LogP contribution in [-0.2, 0) is 27.9 Å². The van der Waals surface area contributed by atoms with Crippen LogP contribution < -0.4 is 0 Å². The van der Waals surface area contributed by atoms with E-state index in [9.17, 15) is 8.42 Å². The zero-order valence-corrected chi connectivity index (χ0v) is 15.4. The van der Waals surface area contributed by atoms with E-state index < -0.39 is 10.0 Å². The van der Waals surface area contributed by atoms with E-state index in [0.29, 0.717) is 18.0 Å². The van der Waals surface area contributed by atoms with Crippen LogP contribution >= 0.6 is 0 Å². The maximum atomic E-state index is 13.0. The van der Waals surface area contributed by atoms with Gasteiger partial charge in [0.15, 0.2) is 0 Å². The van der Waals surface area contributed by atoms with Crippen LogP contribution in [0.15, 0.2) is 62.2 Å². The molecule has 0 amide bonds. The Morgan fingerprint density at radius 3 is 2.60 bits per heavy atom. The van der Waals surface area contributed by atoms with Crippen molar-refractivity contribution in [2.24, 2.45) is 8.73 Å². The van der Waals surface area contributed by atoms with Crippen molar-refractivity contribution >= 4 is 21.4 Å². The van der Waals surface area contributed by atoms with Crippen LogP contribution in [-0.4, -0.2) is 55.9 Å². The van der Waals surface area contributed by atoms with Crippen molar-refractivity contribution in [3.8, 4) is 0 Å². The Hall–Kier alpha value is -1.61. The van der Waals surface area contributed by atoms with Crippen molar-refractivity contribution in [3.63, 3.8) is 0 Å². The van der Waals surface area contributed by atoms with Gasteiger partial charge >= 0.3 is 0 Å². The number of hydrogen-bond acceptors (Lipinski definition) is 5. The highest BCUT2D eigenvalue weighted by Crippen LogP contribution is 2.29. The Kier molecular flexibility index (Phi) is 4.68. The largest absolute Gasteiger partial charge is 0.296 e. The molecule has 0 aromatic heterocycles. The summed E-state index contributed by atoms with van der Waals surface area (Å²) in [5.41, 5.74) is 1.25. The lowest BCUT2D eigenvalue weighted by atomic mass is 10.1. The Morgan fingerprint density at radius 1 is 1.08 bits per heavy atom. The summed E-state index contributed by atoms with van der Waals surface area (Å²) in [7, 11) is -3.49. The first-order chi connectivity index (χ1) is 12.1. The second-order valence-corrected chi connectivity index (χ2v) is 8.87. The van der Waals surface area contributed by atoms with Gasteiger partial charge in [-0.1, -0.05) is 42.5 Å². The predicted molar refractivity (Wildman–Crippen MR) is 99.2 cm³/mol. The van der Waals surface area contributed by atoms with Gasteiger partial charge in [-0.3, -0.25) is 4.90 Å². The molecule has 1 aromatic carbocycles. The van der Waals surface area contributed by atoms with E-state index in [1.165, 1.54) is 5.56 Å². The molecule has 25 heavy (non-hydrogen) atoms. The molecule has 0 unspecified atom stereocenters. The third-order valence-electron chi connectivity index (χ3n) is 4.73. The first-order valence-corrected chi connectivity index (χ1v) is 10.5. The molecule has 2 atom stereocenters. The van der Waals surface area contributed by atoms with Gasteiger partial charge in [0, 0.05) is 32.7 Å². The molecule has 132 valence electrons.